The van der Waals surface area contributed by atoms with Gasteiger partial charge in [0.15, 0.2) is 5.78 Å². The SMILES string of the molecule is COc1ccc(/C=C2/CSc3c(OC)cccc3C2=O)cc1. The van der Waals surface area contributed by atoms with Gasteiger partial charge in [0.2, 0.25) is 0 Å². The summed E-state index contributed by atoms with van der Waals surface area (Å²) < 4.78 is 10.5. The van der Waals surface area contributed by atoms with Gasteiger partial charge in [0.05, 0.1) is 19.1 Å². The molecule has 0 radical (unpaired) electrons. The maximum absolute atomic E-state index is 12.7. The van der Waals surface area contributed by atoms with Crippen LogP contribution in [0.4, 0.5) is 0 Å². The highest BCUT2D eigenvalue weighted by Gasteiger charge is 2.24. The summed E-state index contributed by atoms with van der Waals surface area (Å²) in [6.07, 6.45) is 1.94. The zero-order chi connectivity index (χ0) is 15.5. The third-order valence-corrected chi connectivity index (χ3v) is 4.73. The van der Waals surface area contributed by atoms with E-state index < -0.39 is 0 Å². The predicted molar refractivity (Wildman–Crippen MR) is 89.0 cm³/mol. The van der Waals surface area contributed by atoms with Crippen LogP contribution in [0.25, 0.3) is 6.08 Å². The molecule has 0 spiro atoms. The molecule has 2 aromatic rings. The molecule has 1 aliphatic heterocycles. The number of rotatable bonds is 3. The molecule has 0 unspecified atom stereocenters. The van der Waals surface area contributed by atoms with Gasteiger partial charge in [-0.25, -0.2) is 0 Å². The zero-order valence-corrected chi connectivity index (χ0v) is 13.3. The first kappa shape index (κ1) is 14.7. The van der Waals surface area contributed by atoms with Crippen LogP contribution in [0.15, 0.2) is 52.9 Å². The molecule has 0 N–H and O–H groups in total. The summed E-state index contributed by atoms with van der Waals surface area (Å²) in [5, 5.41) is 0. The Morgan fingerprint density at radius 1 is 1.05 bits per heavy atom. The lowest BCUT2D eigenvalue weighted by Crippen LogP contribution is -2.13. The molecular formula is C18H16O3S. The Morgan fingerprint density at radius 2 is 1.82 bits per heavy atom. The maximum Gasteiger partial charge on any atom is 0.191 e. The summed E-state index contributed by atoms with van der Waals surface area (Å²) in [4.78, 5) is 13.6. The number of ketones is 1. The topological polar surface area (TPSA) is 35.5 Å². The number of benzene rings is 2. The monoisotopic (exact) mass is 312 g/mol. The first-order valence-corrected chi connectivity index (χ1v) is 7.90. The molecule has 0 atom stereocenters. The van der Waals surface area contributed by atoms with Crippen molar-refractivity contribution in [3.63, 3.8) is 0 Å². The second kappa shape index (κ2) is 6.28. The van der Waals surface area contributed by atoms with Crippen molar-refractivity contribution in [3.8, 4) is 11.5 Å². The molecule has 1 heterocycles. The zero-order valence-electron chi connectivity index (χ0n) is 12.5. The van der Waals surface area contributed by atoms with E-state index in [1.807, 2.05) is 48.5 Å². The van der Waals surface area contributed by atoms with Gasteiger partial charge >= 0.3 is 0 Å². The van der Waals surface area contributed by atoms with E-state index in [0.29, 0.717) is 5.75 Å². The lowest BCUT2D eigenvalue weighted by Gasteiger charge is -2.19. The van der Waals surface area contributed by atoms with Crippen LogP contribution in [0, 0.1) is 0 Å². The van der Waals surface area contributed by atoms with Crippen LogP contribution in [0.3, 0.4) is 0 Å². The van der Waals surface area contributed by atoms with Crippen LogP contribution >= 0.6 is 11.8 Å². The molecule has 0 amide bonds. The minimum Gasteiger partial charge on any atom is -0.497 e. The van der Waals surface area contributed by atoms with Gasteiger partial charge in [0.25, 0.3) is 0 Å². The number of carbonyl (C=O) groups excluding carboxylic acids is 1. The van der Waals surface area contributed by atoms with Gasteiger partial charge in [-0.05, 0) is 35.9 Å². The summed E-state index contributed by atoms with van der Waals surface area (Å²) >= 11 is 1.64. The van der Waals surface area contributed by atoms with Crippen molar-refractivity contribution in [1.29, 1.82) is 0 Å². The van der Waals surface area contributed by atoms with Crippen molar-refractivity contribution in [2.24, 2.45) is 0 Å². The Hall–Kier alpha value is -2.20. The van der Waals surface area contributed by atoms with Gasteiger partial charge in [-0.2, -0.15) is 0 Å². The highest BCUT2D eigenvalue weighted by atomic mass is 32.2. The molecule has 0 bridgehead atoms. The number of ether oxygens (including phenoxy) is 2. The molecule has 22 heavy (non-hydrogen) atoms. The largest absolute Gasteiger partial charge is 0.497 e. The van der Waals surface area contributed by atoms with E-state index in [9.17, 15) is 4.79 Å². The Bertz CT molecular complexity index is 732. The first-order valence-electron chi connectivity index (χ1n) is 6.92. The van der Waals surface area contributed by atoms with E-state index in [4.69, 9.17) is 9.47 Å². The molecule has 2 aromatic carbocycles. The second-order valence-corrected chi connectivity index (χ2v) is 5.88. The third kappa shape index (κ3) is 2.74. The molecule has 112 valence electrons. The number of Topliss-reactive ketones (excluding diaryl/α,β-unsaturated/α-hetero) is 1. The fraction of sp³-hybridized carbons (Fsp3) is 0.167. The molecule has 1 aliphatic rings. The minimum absolute atomic E-state index is 0.0727. The minimum atomic E-state index is 0.0727. The van der Waals surface area contributed by atoms with Gasteiger partial charge in [0.1, 0.15) is 11.5 Å². The third-order valence-electron chi connectivity index (χ3n) is 3.56. The Morgan fingerprint density at radius 3 is 2.50 bits per heavy atom. The van der Waals surface area contributed by atoms with Crippen LogP contribution in [0.1, 0.15) is 15.9 Å². The number of methoxy groups -OCH3 is 2. The molecular weight excluding hydrogens is 296 g/mol. The van der Waals surface area contributed by atoms with Gasteiger partial charge < -0.3 is 9.47 Å². The number of fused-ring (bicyclic) bond motifs is 1. The van der Waals surface area contributed by atoms with Crippen LogP contribution in [-0.2, 0) is 0 Å². The smallest absolute Gasteiger partial charge is 0.191 e. The van der Waals surface area contributed by atoms with E-state index in [0.717, 1.165) is 33.1 Å². The summed E-state index contributed by atoms with van der Waals surface area (Å²) in [5.41, 5.74) is 2.52. The number of carbonyl (C=O) groups is 1. The van der Waals surface area contributed by atoms with E-state index in [1.54, 1.807) is 26.0 Å². The van der Waals surface area contributed by atoms with E-state index in [-0.39, 0.29) is 5.78 Å². The van der Waals surface area contributed by atoms with Crippen molar-refractivity contribution in [3.05, 3.63) is 59.2 Å². The number of hydrogen-bond donors (Lipinski definition) is 0. The van der Waals surface area contributed by atoms with E-state index in [1.165, 1.54) is 0 Å². The van der Waals surface area contributed by atoms with E-state index >= 15 is 0 Å². The van der Waals surface area contributed by atoms with Crippen molar-refractivity contribution in [2.75, 3.05) is 20.0 Å². The molecule has 3 rings (SSSR count). The van der Waals surface area contributed by atoms with Gasteiger partial charge in [-0.3, -0.25) is 4.79 Å². The summed E-state index contributed by atoms with van der Waals surface area (Å²) in [5.74, 6) is 2.29. The molecule has 0 fully saturated rings. The Balaban J connectivity index is 1.93. The lowest BCUT2D eigenvalue weighted by molar-refractivity contribution is 0.103. The molecule has 0 saturated heterocycles. The predicted octanol–water partition coefficient (Wildman–Crippen LogP) is 4.08. The Labute approximate surface area is 133 Å². The molecule has 0 saturated carbocycles. The Kier molecular flexibility index (Phi) is 4.20. The van der Waals surface area contributed by atoms with Crippen molar-refractivity contribution in [2.45, 2.75) is 4.90 Å². The standard InChI is InChI=1S/C18H16O3S/c1-20-14-8-6-12(7-9-14)10-13-11-22-18-15(17(13)19)4-3-5-16(18)21-2/h3-10H,11H2,1-2H3/b13-10-. The quantitative estimate of drug-likeness (QED) is 0.800. The van der Waals surface area contributed by atoms with Crippen LogP contribution in [-0.4, -0.2) is 25.8 Å². The number of thioether (sulfide) groups is 1. The molecule has 4 heteroatoms. The number of hydrogen-bond acceptors (Lipinski definition) is 4. The molecule has 3 nitrogen and oxygen atoms in total. The van der Waals surface area contributed by atoms with E-state index in [2.05, 4.69) is 0 Å². The van der Waals surface area contributed by atoms with Gasteiger partial charge in [-0.1, -0.05) is 18.2 Å². The van der Waals surface area contributed by atoms with Crippen molar-refractivity contribution >= 4 is 23.6 Å². The first-order chi connectivity index (χ1) is 10.7. The maximum atomic E-state index is 12.7. The average Bonchev–Trinajstić information content (AvgIpc) is 2.57. The van der Waals surface area contributed by atoms with Crippen LogP contribution in [0.5, 0.6) is 11.5 Å². The summed E-state index contributed by atoms with van der Waals surface area (Å²) in [7, 11) is 3.27. The normalized spacial score (nSPS) is 15.5. The fourth-order valence-electron chi connectivity index (χ4n) is 2.40. The lowest BCUT2D eigenvalue weighted by atomic mass is 10.0. The summed E-state index contributed by atoms with van der Waals surface area (Å²) in [6.45, 7) is 0. The van der Waals surface area contributed by atoms with Crippen molar-refractivity contribution < 1.29 is 14.3 Å². The second-order valence-electron chi connectivity index (χ2n) is 4.90. The summed E-state index contributed by atoms with van der Waals surface area (Å²) in [6, 6.07) is 13.3. The highest BCUT2D eigenvalue weighted by Crippen LogP contribution is 2.39. The van der Waals surface area contributed by atoms with Gasteiger partial charge in [0, 0.05) is 16.9 Å². The van der Waals surface area contributed by atoms with Crippen LogP contribution in [0.2, 0.25) is 0 Å². The average molecular weight is 312 g/mol. The molecule has 0 aromatic heterocycles. The fourth-order valence-corrected chi connectivity index (χ4v) is 3.53. The van der Waals surface area contributed by atoms with Crippen molar-refractivity contribution in [1.82, 2.24) is 0 Å². The van der Waals surface area contributed by atoms with Crippen LogP contribution < -0.4 is 9.47 Å². The highest BCUT2D eigenvalue weighted by molar-refractivity contribution is 7.99. The van der Waals surface area contributed by atoms with Gasteiger partial charge in [-0.15, -0.1) is 11.8 Å². The molecule has 0 aliphatic carbocycles.